The van der Waals surface area contributed by atoms with E-state index in [9.17, 15) is 4.79 Å². The molecular weight excluding hydrogens is 220 g/mol. The van der Waals surface area contributed by atoms with Crippen molar-refractivity contribution >= 4 is 5.78 Å². The van der Waals surface area contributed by atoms with Crippen LogP contribution in [-0.2, 0) is 0 Å². The number of benzene rings is 1. The Morgan fingerprint density at radius 1 is 1.00 bits per heavy atom. The Balaban J connectivity index is 2.50. The molecule has 0 aliphatic carbocycles. The molecule has 0 spiro atoms. The molecule has 18 heavy (non-hydrogen) atoms. The third-order valence-electron chi connectivity index (χ3n) is 3.27. The predicted molar refractivity (Wildman–Crippen MR) is 77.7 cm³/mol. The number of ketones is 1. The van der Waals surface area contributed by atoms with Crippen molar-refractivity contribution in [3.8, 4) is 0 Å². The third-order valence-corrected chi connectivity index (χ3v) is 3.27. The van der Waals surface area contributed by atoms with Gasteiger partial charge in [-0.1, -0.05) is 57.0 Å². The zero-order chi connectivity index (χ0) is 13.2. The molecule has 0 heterocycles. The van der Waals surface area contributed by atoms with E-state index < -0.39 is 0 Å². The van der Waals surface area contributed by atoms with E-state index in [2.05, 4.69) is 13.8 Å². The average Bonchev–Trinajstić information content (AvgIpc) is 2.42. The lowest BCUT2D eigenvalue weighted by molar-refractivity contribution is 0.0983. The molecule has 0 saturated carbocycles. The van der Waals surface area contributed by atoms with Crippen LogP contribution in [0.15, 0.2) is 30.3 Å². The second kappa shape index (κ2) is 8.79. The standard InChI is InChI=1S/C17H25O/c1-3-5-10-15(11-6-4-2)14-17(18)16-12-8-7-9-13-16/h7-9,12-13H,3-6,10-11,14H2,1-2H3/q+1. The largest absolute Gasteiger partial charge is 0.289 e. The molecule has 0 amide bonds. The smallest absolute Gasteiger partial charge is 0.207 e. The van der Waals surface area contributed by atoms with Gasteiger partial charge in [0.1, 0.15) is 0 Å². The predicted octanol–water partition coefficient (Wildman–Crippen LogP) is 5.21. The van der Waals surface area contributed by atoms with E-state index >= 15 is 0 Å². The highest BCUT2D eigenvalue weighted by atomic mass is 16.1. The Bertz CT molecular complexity index is 321. The van der Waals surface area contributed by atoms with Crippen molar-refractivity contribution in [3.63, 3.8) is 0 Å². The van der Waals surface area contributed by atoms with Gasteiger partial charge in [0.2, 0.25) is 5.78 Å². The minimum atomic E-state index is 0.276. The minimum absolute atomic E-state index is 0.276. The fourth-order valence-electron chi connectivity index (χ4n) is 2.11. The summed E-state index contributed by atoms with van der Waals surface area (Å²) in [6, 6.07) is 9.66. The van der Waals surface area contributed by atoms with Crippen LogP contribution in [0.3, 0.4) is 0 Å². The molecule has 0 bridgehead atoms. The molecule has 0 fully saturated rings. The van der Waals surface area contributed by atoms with Crippen LogP contribution in [0.5, 0.6) is 0 Å². The second-order valence-corrected chi connectivity index (χ2v) is 4.92. The molecular formula is C17H25O+. The van der Waals surface area contributed by atoms with Gasteiger partial charge in [0.25, 0.3) is 0 Å². The first-order chi connectivity index (χ1) is 8.77. The molecule has 1 aromatic rings. The summed E-state index contributed by atoms with van der Waals surface area (Å²) >= 11 is 0. The van der Waals surface area contributed by atoms with Crippen LogP contribution in [0.2, 0.25) is 0 Å². The maximum atomic E-state index is 12.2. The van der Waals surface area contributed by atoms with E-state index in [1.54, 1.807) is 0 Å². The first kappa shape index (κ1) is 14.8. The lowest BCUT2D eigenvalue weighted by atomic mass is 9.89. The van der Waals surface area contributed by atoms with Crippen molar-refractivity contribution in [2.45, 2.75) is 58.8 Å². The molecule has 0 aliphatic heterocycles. The first-order valence-corrected chi connectivity index (χ1v) is 7.19. The van der Waals surface area contributed by atoms with Gasteiger partial charge in [-0.3, -0.25) is 4.79 Å². The summed E-state index contributed by atoms with van der Waals surface area (Å²) in [5.74, 6) is 1.71. The van der Waals surface area contributed by atoms with Crippen LogP contribution in [0.25, 0.3) is 0 Å². The number of carbonyl (C=O) groups is 1. The molecule has 1 heteroatoms. The van der Waals surface area contributed by atoms with E-state index in [4.69, 9.17) is 0 Å². The van der Waals surface area contributed by atoms with Gasteiger partial charge < -0.3 is 0 Å². The normalized spacial score (nSPS) is 10.3. The van der Waals surface area contributed by atoms with Crippen molar-refractivity contribution in [1.82, 2.24) is 0 Å². The van der Waals surface area contributed by atoms with Crippen LogP contribution in [-0.4, -0.2) is 5.78 Å². The number of hydrogen-bond donors (Lipinski definition) is 0. The Labute approximate surface area is 112 Å². The fourth-order valence-corrected chi connectivity index (χ4v) is 2.11. The minimum Gasteiger partial charge on any atom is -0.289 e. The SMILES string of the molecule is CCCC[C+](CCCC)CC(=O)c1ccccc1. The van der Waals surface area contributed by atoms with Gasteiger partial charge in [-0.05, 0) is 12.8 Å². The monoisotopic (exact) mass is 245 g/mol. The molecule has 1 aromatic carbocycles. The van der Waals surface area contributed by atoms with Gasteiger partial charge in [0.15, 0.2) is 6.42 Å². The molecule has 0 unspecified atom stereocenters. The Kier molecular flexibility index (Phi) is 7.24. The topological polar surface area (TPSA) is 17.1 Å². The lowest BCUT2D eigenvalue weighted by Crippen LogP contribution is -2.07. The van der Waals surface area contributed by atoms with Gasteiger partial charge in [-0.25, -0.2) is 0 Å². The number of Topliss-reactive ketones (excluding diaryl/α,β-unsaturated/α-hetero) is 1. The summed E-state index contributed by atoms with van der Waals surface area (Å²) < 4.78 is 0. The van der Waals surface area contributed by atoms with Crippen molar-refractivity contribution in [3.05, 3.63) is 41.8 Å². The van der Waals surface area contributed by atoms with Crippen molar-refractivity contribution < 1.29 is 4.79 Å². The highest BCUT2D eigenvalue weighted by Crippen LogP contribution is 2.24. The summed E-state index contributed by atoms with van der Waals surface area (Å²) in [7, 11) is 0. The Morgan fingerprint density at radius 2 is 1.56 bits per heavy atom. The Morgan fingerprint density at radius 3 is 2.06 bits per heavy atom. The van der Waals surface area contributed by atoms with Gasteiger partial charge in [0.05, 0.1) is 18.8 Å². The van der Waals surface area contributed by atoms with Crippen LogP contribution < -0.4 is 0 Å². The summed E-state index contributed by atoms with van der Waals surface area (Å²) in [6.07, 6.45) is 7.71. The van der Waals surface area contributed by atoms with E-state index in [0.717, 1.165) is 18.4 Å². The average molecular weight is 245 g/mol. The third kappa shape index (κ3) is 5.39. The van der Waals surface area contributed by atoms with Gasteiger partial charge in [-0.2, -0.15) is 0 Å². The molecule has 0 atom stereocenters. The van der Waals surface area contributed by atoms with Gasteiger partial charge in [-0.15, -0.1) is 0 Å². The summed E-state index contributed by atoms with van der Waals surface area (Å²) in [6.45, 7) is 4.41. The molecule has 98 valence electrons. The van der Waals surface area contributed by atoms with Crippen molar-refractivity contribution in [2.24, 2.45) is 0 Å². The van der Waals surface area contributed by atoms with Crippen LogP contribution in [0, 0.1) is 5.92 Å². The van der Waals surface area contributed by atoms with E-state index in [1.807, 2.05) is 30.3 Å². The van der Waals surface area contributed by atoms with Gasteiger partial charge in [0, 0.05) is 5.56 Å². The number of carbonyl (C=O) groups excluding carboxylic acids is 1. The van der Waals surface area contributed by atoms with E-state index in [0.29, 0.717) is 6.42 Å². The molecule has 0 radical (unpaired) electrons. The number of hydrogen-bond acceptors (Lipinski definition) is 1. The lowest BCUT2D eigenvalue weighted by Gasteiger charge is -2.06. The molecule has 0 N–H and O–H groups in total. The van der Waals surface area contributed by atoms with E-state index in [1.165, 1.54) is 31.6 Å². The van der Waals surface area contributed by atoms with Crippen LogP contribution in [0.4, 0.5) is 0 Å². The quantitative estimate of drug-likeness (QED) is 0.431. The number of unbranched alkanes of at least 4 members (excludes halogenated alkanes) is 2. The molecule has 1 nitrogen and oxygen atoms in total. The summed E-state index contributed by atoms with van der Waals surface area (Å²) in [5, 5.41) is 0. The van der Waals surface area contributed by atoms with Crippen molar-refractivity contribution in [1.29, 1.82) is 0 Å². The van der Waals surface area contributed by atoms with Crippen molar-refractivity contribution in [2.75, 3.05) is 0 Å². The van der Waals surface area contributed by atoms with Gasteiger partial charge >= 0.3 is 0 Å². The molecule has 1 rings (SSSR count). The fraction of sp³-hybridized carbons (Fsp3) is 0.529. The van der Waals surface area contributed by atoms with Crippen LogP contribution in [0.1, 0.15) is 69.2 Å². The highest BCUT2D eigenvalue weighted by Gasteiger charge is 2.23. The molecule has 0 aromatic heterocycles. The highest BCUT2D eigenvalue weighted by molar-refractivity contribution is 5.97. The number of rotatable bonds is 9. The summed E-state index contributed by atoms with van der Waals surface area (Å²) in [4.78, 5) is 12.2. The molecule has 0 saturated heterocycles. The van der Waals surface area contributed by atoms with E-state index in [-0.39, 0.29) is 5.78 Å². The molecule has 0 aliphatic rings. The zero-order valence-electron chi connectivity index (χ0n) is 11.7. The maximum absolute atomic E-state index is 12.2. The van der Waals surface area contributed by atoms with Crippen LogP contribution >= 0.6 is 0 Å². The maximum Gasteiger partial charge on any atom is 0.207 e. The zero-order valence-corrected chi connectivity index (χ0v) is 11.7. The second-order valence-electron chi connectivity index (χ2n) is 4.92. The first-order valence-electron chi connectivity index (χ1n) is 7.19. The summed E-state index contributed by atoms with van der Waals surface area (Å²) in [5.41, 5.74) is 0.850. The Hall–Kier alpha value is -1.24.